The number of nitrogens with one attached hydrogen (secondary N) is 1. The number of nitrogens with zero attached hydrogens (tertiary/aromatic N) is 2. The summed E-state index contributed by atoms with van der Waals surface area (Å²) in [4.78, 5) is 30.3. The summed E-state index contributed by atoms with van der Waals surface area (Å²) in [6.07, 6.45) is 2.59. The Morgan fingerprint density at radius 3 is 2.68 bits per heavy atom. The average molecular weight is 607 g/mol. The number of rotatable bonds is 12. The number of nitrogens with two attached hydrogens (primary N) is 1. The second-order valence-corrected chi connectivity index (χ2v) is 12.9. The highest BCUT2D eigenvalue weighted by Crippen LogP contribution is 2.37. The lowest BCUT2D eigenvalue weighted by atomic mass is 10.1. The summed E-state index contributed by atoms with van der Waals surface area (Å²) in [5, 5.41) is 11.9. The third-order valence-electron chi connectivity index (χ3n) is 6.59. The summed E-state index contributed by atoms with van der Waals surface area (Å²) >= 11 is 1.35. The van der Waals surface area contributed by atoms with Crippen molar-refractivity contribution in [2.24, 2.45) is 17.8 Å². The van der Waals surface area contributed by atoms with Crippen LogP contribution in [0.4, 0.5) is 0 Å². The largest absolute Gasteiger partial charge is 0.493 e. The van der Waals surface area contributed by atoms with Crippen molar-refractivity contribution in [1.29, 1.82) is 0 Å². The Kier molecular flexibility index (Phi) is 10.0. The number of aliphatic hydroxyl groups excluding tert-OH is 1. The van der Waals surface area contributed by atoms with Crippen LogP contribution in [0.2, 0.25) is 0 Å². The monoisotopic (exact) mass is 606 g/mol. The molecule has 3 aromatic rings. The van der Waals surface area contributed by atoms with Crippen molar-refractivity contribution in [2.45, 2.75) is 18.9 Å². The van der Waals surface area contributed by atoms with Gasteiger partial charge < -0.3 is 34.9 Å². The van der Waals surface area contributed by atoms with E-state index in [1.165, 1.54) is 23.0 Å². The third-order valence-corrected chi connectivity index (χ3v) is 9.49. The Hall–Kier alpha value is -3.46. The van der Waals surface area contributed by atoms with Crippen molar-refractivity contribution in [1.82, 2.24) is 9.88 Å². The molecule has 1 saturated heterocycles. The van der Waals surface area contributed by atoms with E-state index in [-0.39, 0.29) is 61.3 Å². The number of thiophene rings is 1. The number of fused-ring (bicyclic) bond motifs is 1. The van der Waals surface area contributed by atoms with Crippen LogP contribution in [0, 0.1) is 0 Å². The van der Waals surface area contributed by atoms with Crippen LogP contribution in [0.15, 0.2) is 40.2 Å². The number of aryl methyl sites for hydroxylation is 1. The number of methoxy groups -OCH3 is 1. The van der Waals surface area contributed by atoms with Crippen molar-refractivity contribution in [3.63, 3.8) is 0 Å². The number of aromatic nitrogens is 1. The summed E-state index contributed by atoms with van der Waals surface area (Å²) in [5.41, 5.74) is 7.69. The van der Waals surface area contributed by atoms with E-state index in [4.69, 9.17) is 25.1 Å². The Labute approximate surface area is 241 Å². The SMILES string of the molecule is COc1cc(-c2cn(C)c(=O)c3cc(C(N)=NC4CCS(=O)(=O)CC4)sc23)ccc1OCC(=O)NCCOCCO. The average Bonchev–Trinajstić information content (AvgIpc) is 3.41. The molecule has 0 saturated carbocycles. The number of carbonyl (C=O) groups is 1. The van der Waals surface area contributed by atoms with Gasteiger partial charge in [0.15, 0.2) is 18.1 Å². The minimum absolute atomic E-state index is 0.0795. The van der Waals surface area contributed by atoms with Gasteiger partial charge in [-0.2, -0.15) is 0 Å². The number of pyridine rings is 1. The van der Waals surface area contributed by atoms with Crippen LogP contribution in [-0.4, -0.2) is 87.5 Å². The zero-order valence-corrected chi connectivity index (χ0v) is 24.6. The van der Waals surface area contributed by atoms with Gasteiger partial charge in [0, 0.05) is 30.1 Å². The van der Waals surface area contributed by atoms with Crippen LogP contribution in [0.1, 0.15) is 17.7 Å². The molecular formula is C27H34N4O8S2. The van der Waals surface area contributed by atoms with Gasteiger partial charge in [0.1, 0.15) is 15.7 Å². The van der Waals surface area contributed by atoms with Gasteiger partial charge in [-0.1, -0.05) is 6.07 Å². The van der Waals surface area contributed by atoms with Crippen molar-refractivity contribution in [2.75, 3.05) is 51.6 Å². The highest BCUT2D eigenvalue weighted by molar-refractivity contribution is 7.91. The summed E-state index contributed by atoms with van der Waals surface area (Å²) in [6, 6.07) is 6.84. The molecule has 2 aromatic heterocycles. The Morgan fingerprint density at radius 2 is 1.98 bits per heavy atom. The predicted molar refractivity (Wildman–Crippen MR) is 158 cm³/mol. The zero-order chi connectivity index (χ0) is 29.6. The van der Waals surface area contributed by atoms with Crippen molar-refractivity contribution < 1.29 is 32.5 Å². The number of hydrogen-bond donors (Lipinski definition) is 3. The van der Waals surface area contributed by atoms with E-state index < -0.39 is 9.84 Å². The molecule has 0 atom stereocenters. The molecule has 14 heteroatoms. The van der Waals surface area contributed by atoms with Gasteiger partial charge in [0.2, 0.25) is 0 Å². The smallest absolute Gasteiger partial charge is 0.259 e. The lowest BCUT2D eigenvalue weighted by Crippen LogP contribution is -2.31. The van der Waals surface area contributed by atoms with Crippen molar-refractivity contribution in [3.05, 3.63) is 45.7 Å². The molecule has 0 aliphatic carbocycles. The molecule has 12 nitrogen and oxygen atoms in total. The fourth-order valence-corrected chi connectivity index (χ4v) is 6.98. The number of amides is 1. The first-order valence-corrected chi connectivity index (χ1v) is 15.7. The fraction of sp³-hybridized carbons (Fsp3) is 0.444. The lowest BCUT2D eigenvalue weighted by Gasteiger charge is -2.18. The molecule has 222 valence electrons. The molecule has 1 aromatic carbocycles. The van der Waals surface area contributed by atoms with E-state index >= 15 is 0 Å². The zero-order valence-electron chi connectivity index (χ0n) is 22.9. The maximum Gasteiger partial charge on any atom is 0.259 e. The molecule has 4 N–H and O–H groups in total. The van der Waals surface area contributed by atoms with Gasteiger partial charge >= 0.3 is 0 Å². The van der Waals surface area contributed by atoms with Crippen LogP contribution < -0.4 is 26.1 Å². The molecule has 41 heavy (non-hydrogen) atoms. The number of benzene rings is 1. The van der Waals surface area contributed by atoms with Gasteiger partial charge in [-0.15, -0.1) is 11.3 Å². The Bertz CT molecular complexity index is 1580. The minimum atomic E-state index is -3.01. The Balaban J connectivity index is 1.55. The normalized spacial score (nSPS) is 15.6. The Morgan fingerprint density at radius 1 is 1.22 bits per heavy atom. The number of aliphatic hydroxyl groups is 1. The number of ether oxygens (including phenoxy) is 3. The quantitative estimate of drug-likeness (QED) is 0.155. The molecule has 1 aliphatic heterocycles. The van der Waals surface area contributed by atoms with E-state index in [2.05, 4.69) is 10.3 Å². The molecule has 3 heterocycles. The number of sulfone groups is 1. The summed E-state index contributed by atoms with van der Waals surface area (Å²) in [7, 11) is 0.160. The maximum atomic E-state index is 13.0. The highest BCUT2D eigenvalue weighted by Gasteiger charge is 2.24. The summed E-state index contributed by atoms with van der Waals surface area (Å²) in [5.74, 6) is 0.929. The van der Waals surface area contributed by atoms with Gasteiger partial charge in [0.05, 0.1) is 54.7 Å². The maximum absolute atomic E-state index is 13.0. The van der Waals surface area contributed by atoms with Crippen molar-refractivity contribution >= 4 is 43.0 Å². The number of amidine groups is 1. The minimum Gasteiger partial charge on any atom is -0.493 e. The van der Waals surface area contributed by atoms with E-state index in [1.54, 1.807) is 31.4 Å². The topological polar surface area (TPSA) is 172 Å². The predicted octanol–water partition coefficient (Wildman–Crippen LogP) is 1.06. The number of hydrogen-bond acceptors (Lipinski definition) is 10. The lowest BCUT2D eigenvalue weighted by molar-refractivity contribution is -0.123. The molecular weight excluding hydrogens is 572 g/mol. The van der Waals surface area contributed by atoms with Crippen LogP contribution in [0.3, 0.4) is 0 Å². The summed E-state index contributed by atoms with van der Waals surface area (Å²) < 4.78 is 42.0. The second-order valence-electron chi connectivity index (χ2n) is 9.55. The molecule has 0 radical (unpaired) electrons. The van der Waals surface area contributed by atoms with Gasteiger partial charge in [0.25, 0.3) is 11.5 Å². The molecule has 1 amide bonds. The second kappa shape index (κ2) is 13.5. The fourth-order valence-electron chi connectivity index (χ4n) is 4.43. The van der Waals surface area contributed by atoms with Crippen LogP contribution in [-0.2, 0) is 26.4 Å². The first-order valence-electron chi connectivity index (χ1n) is 13.1. The van der Waals surface area contributed by atoms with E-state index in [0.717, 1.165) is 15.8 Å². The standard InChI is InChI=1S/C27H34N4O8S2/c1-31-15-20(17-3-4-21(22(13-17)37-2)39-16-24(33)29-7-9-38-10-8-32)25-19(27(31)34)14-23(40-25)26(28)30-18-5-11-41(35,36)12-6-18/h3-4,13-15,18,32H,5-12,16H2,1-2H3,(H2,28,30)(H,29,33). The molecule has 0 unspecified atom stereocenters. The molecule has 1 aliphatic rings. The van der Waals surface area contributed by atoms with Gasteiger partial charge in [-0.05, 0) is 36.6 Å². The van der Waals surface area contributed by atoms with Crippen LogP contribution >= 0.6 is 11.3 Å². The van der Waals surface area contributed by atoms with Crippen molar-refractivity contribution in [3.8, 4) is 22.6 Å². The third kappa shape index (κ3) is 7.64. The van der Waals surface area contributed by atoms with Gasteiger partial charge in [-0.25, -0.2) is 8.42 Å². The van der Waals surface area contributed by atoms with E-state index in [1.807, 2.05) is 6.07 Å². The molecule has 1 fully saturated rings. The number of aliphatic imine (C=N–C) groups is 1. The first kappa shape index (κ1) is 30.5. The summed E-state index contributed by atoms with van der Waals surface area (Å²) in [6.45, 7) is 0.483. The molecule has 4 rings (SSSR count). The number of carbonyl (C=O) groups excluding carboxylic acids is 1. The van der Waals surface area contributed by atoms with Gasteiger partial charge in [-0.3, -0.25) is 14.6 Å². The van der Waals surface area contributed by atoms with Crippen LogP contribution in [0.25, 0.3) is 21.2 Å². The van der Waals surface area contributed by atoms with E-state index in [9.17, 15) is 18.0 Å². The van der Waals surface area contributed by atoms with E-state index in [0.29, 0.717) is 41.1 Å². The van der Waals surface area contributed by atoms with Crippen LogP contribution in [0.5, 0.6) is 11.5 Å². The molecule has 0 bridgehead atoms. The highest BCUT2D eigenvalue weighted by atomic mass is 32.2. The first-order chi connectivity index (χ1) is 19.6. The molecule has 0 spiro atoms.